The highest BCUT2D eigenvalue weighted by molar-refractivity contribution is 7.09. The molecule has 0 aliphatic heterocycles. The Hall–Kier alpha value is -2.45. The third-order valence-electron chi connectivity index (χ3n) is 3.23. The highest BCUT2D eigenvalue weighted by Crippen LogP contribution is 2.12. The van der Waals surface area contributed by atoms with Crippen LogP contribution >= 0.6 is 11.3 Å². The zero-order chi connectivity index (χ0) is 18.2. The first-order valence-electron chi connectivity index (χ1n) is 8.07. The van der Waals surface area contributed by atoms with Crippen LogP contribution in [0.3, 0.4) is 0 Å². The lowest BCUT2D eigenvalue weighted by Crippen LogP contribution is -2.34. The minimum absolute atomic E-state index is 0.0746. The van der Waals surface area contributed by atoms with E-state index in [0.29, 0.717) is 30.9 Å². The molecule has 3 amide bonds. The van der Waals surface area contributed by atoms with Gasteiger partial charge in [-0.2, -0.15) is 0 Å². The molecule has 7 nitrogen and oxygen atoms in total. The quantitative estimate of drug-likeness (QED) is 0.605. The number of urea groups is 1. The van der Waals surface area contributed by atoms with Crippen LogP contribution < -0.4 is 21.7 Å². The van der Waals surface area contributed by atoms with E-state index in [9.17, 15) is 9.59 Å². The number of benzene rings is 1. The third kappa shape index (κ3) is 6.17. The fourth-order valence-corrected chi connectivity index (χ4v) is 2.86. The molecule has 0 spiro atoms. The second kappa shape index (κ2) is 9.14. The van der Waals surface area contributed by atoms with E-state index in [0.717, 1.165) is 10.6 Å². The van der Waals surface area contributed by atoms with Gasteiger partial charge >= 0.3 is 6.03 Å². The van der Waals surface area contributed by atoms with Gasteiger partial charge in [-0.25, -0.2) is 9.78 Å². The number of anilines is 1. The average Bonchev–Trinajstić information content (AvgIpc) is 3.02. The van der Waals surface area contributed by atoms with Crippen LogP contribution in [0, 0.1) is 0 Å². The molecule has 0 atom stereocenters. The van der Waals surface area contributed by atoms with E-state index in [1.807, 2.05) is 26.0 Å². The number of nitrogens with one attached hydrogen (secondary N) is 3. The lowest BCUT2D eigenvalue weighted by Gasteiger charge is -2.10. The highest BCUT2D eigenvalue weighted by atomic mass is 32.1. The van der Waals surface area contributed by atoms with Gasteiger partial charge in [0.1, 0.15) is 5.69 Å². The van der Waals surface area contributed by atoms with Crippen molar-refractivity contribution in [3.05, 3.63) is 45.9 Å². The summed E-state index contributed by atoms with van der Waals surface area (Å²) in [5, 5.41) is 10.9. The summed E-state index contributed by atoms with van der Waals surface area (Å²) >= 11 is 1.44. The largest absolute Gasteiger partial charge is 0.347 e. The second-order valence-electron chi connectivity index (χ2n) is 5.80. The van der Waals surface area contributed by atoms with Gasteiger partial charge in [-0.05, 0) is 38.1 Å². The van der Waals surface area contributed by atoms with Crippen LogP contribution in [-0.2, 0) is 13.0 Å². The maximum absolute atomic E-state index is 12.1. The summed E-state index contributed by atoms with van der Waals surface area (Å²) in [7, 11) is 0. The molecular formula is C17H23N5O2S. The molecule has 0 saturated heterocycles. The molecule has 0 saturated carbocycles. The first-order valence-corrected chi connectivity index (χ1v) is 8.95. The summed E-state index contributed by atoms with van der Waals surface area (Å²) in [5.74, 6) is -0.210. The molecule has 5 N–H and O–H groups in total. The van der Waals surface area contributed by atoms with E-state index in [-0.39, 0.29) is 18.0 Å². The molecule has 0 aliphatic rings. The monoisotopic (exact) mass is 361 g/mol. The Bertz CT molecular complexity index is 712. The minimum atomic E-state index is -0.243. The first kappa shape index (κ1) is 18.9. The van der Waals surface area contributed by atoms with Crippen molar-refractivity contribution >= 4 is 29.0 Å². The fraction of sp³-hybridized carbons (Fsp3) is 0.353. The third-order valence-corrected chi connectivity index (χ3v) is 4.14. The molecule has 0 radical (unpaired) electrons. The Balaban J connectivity index is 1.84. The van der Waals surface area contributed by atoms with Crippen molar-refractivity contribution in [2.75, 3.05) is 11.9 Å². The number of thiazole rings is 1. The summed E-state index contributed by atoms with van der Waals surface area (Å²) < 4.78 is 0. The van der Waals surface area contributed by atoms with Gasteiger partial charge in [0.05, 0.1) is 5.01 Å². The summed E-state index contributed by atoms with van der Waals surface area (Å²) in [6.45, 7) is 4.70. The van der Waals surface area contributed by atoms with Crippen molar-refractivity contribution in [3.8, 4) is 0 Å². The van der Waals surface area contributed by atoms with Crippen LogP contribution in [0.5, 0.6) is 0 Å². The number of carbonyl (C=O) groups is 2. The number of aromatic nitrogens is 1. The Morgan fingerprint density at radius 1 is 1.24 bits per heavy atom. The van der Waals surface area contributed by atoms with Gasteiger partial charge < -0.3 is 21.7 Å². The molecular weight excluding hydrogens is 338 g/mol. The number of nitrogens with zero attached hydrogens (tertiary/aromatic N) is 1. The Morgan fingerprint density at radius 2 is 1.96 bits per heavy atom. The molecule has 1 aromatic carbocycles. The maximum atomic E-state index is 12.1. The van der Waals surface area contributed by atoms with Gasteiger partial charge in [-0.1, -0.05) is 12.1 Å². The van der Waals surface area contributed by atoms with Crippen molar-refractivity contribution in [1.82, 2.24) is 15.6 Å². The van der Waals surface area contributed by atoms with Crippen molar-refractivity contribution in [3.63, 3.8) is 0 Å². The molecule has 8 heteroatoms. The molecule has 0 unspecified atom stereocenters. The lowest BCUT2D eigenvalue weighted by molar-refractivity contribution is 0.0946. The molecule has 1 heterocycles. The van der Waals surface area contributed by atoms with Gasteiger partial charge in [0.2, 0.25) is 0 Å². The summed E-state index contributed by atoms with van der Waals surface area (Å²) in [6, 6.07) is 7.13. The van der Waals surface area contributed by atoms with Gasteiger partial charge in [0, 0.05) is 30.1 Å². The van der Waals surface area contributed by atoms with Crippen molar-refractivity contribution in [2.45, 2.75) is 32.9 Å². The fourth-order valence-electron chi connectivity index (χ4n) is 2.06. The maximum Gasteiger partial charge on any atom is 0.319 e. The molecule has 1 aromatic heterocycles. The van der Waals surface area contributed by atoms with Crippen molar-refractivity contribution in [1.29, 1.82) is 0 Å². The van der Waals surface area contributed by atoms with E-state index in [1.165, 1.54) is 11.3 Å². The zero-order valence-electron chi connectivity index (χ0n) is 14.3. The number of amides is 3. The van der Waals surface area contributed by atoms with Crippen LogP contribution in [0.4, 0.5) is 10.5 Å². The number of hydrogen-bond donors (Lipinski definition) is 4. The van der Waals surface area contributed by atoms with Crippen LogP contribution in [0.25, 0.3) is 0 Å². The molecule has 2 rings (SSSR count). The van der Waals surface area contributed by atoms with E-state index in [2.05, 4.69) is 20.9 Å². The smallest absolute Gasteiger partial charge is 0.319 e. The van der Waals surface area contributed by atoms with Crippen LogP contribution in [-0.4, -0.2) is 29.5 Å². The average molecular weight is 361 g/mol. The predicted octanol–water partition coefficient (Wildman–Crippen LogP) is 2.10. The lowest BCUT2D eigenvalue weighted by atomic mass is 10.2. The predicted molar refractivity (Wildman–Crippen MR) is 99.8 cm³/mol. The Kier molecular flexibility index (Phi) is 6.91. The van der Waals surface area contributed by atoms with Gasteiger partial charge in [0.15, 0.2) is 0 Å². The molecule has 0 bridgehead atoms. The molecule has 2 aromatic rings. The minimum Gasteiger partial charge on any atom is -0.347 e. The first-order chi connectivity index (χ1) is 12.0. The highest BCUT2D eigenvalue weighted by Gasteiger charge is 2.10. The van der Waals surface area contributed by atoms with E-state index < -0.39 is 0 Å². The summed E-state index contributed by atoms with van der Waals surface area (Å²) in [4.78, 5) is 28.0. The van der Waals surface area contributed by atoms with Gasteiger partial charge in [-0.15, -0.1) is 11.3 Å². The number of nitrogens with two attached hydrogens (primary N) is 1. The van der Waals surface area contributed by atoms with E-state index in [1.54, 1.807) is 17.5 Å². The molecule has 25 heavy (non-hydrogen) atoms. The number of hydrogen-bond acceptors (Lipinski definition) is 5. The summed E-state index contributed by atoms with van der Waals surface area (Å²) in [6.07, 6.45) is 0.677. The van der Waals surface area contributed by atoms with Crippen LogP contribution in [0.1, 0.15) is 34.9 Å². The van der Waals surface area contributed by atoms with Crippen molar-refractivity contribution < 1.29 is 9.59 Å². The zero-order valence-corrected chi connectivity index (χ0v) is 15.2. The topological polar surface area (TPSA) is 109 Å². The molecule has 0 aliphatic carbocycles. The number of carbonyl (C=O) groups excluding carboxylic acids is 2. The van der Waals surface area contributed by atoms with Crippen molar-refractivity contribution in [2.24, 2.45) is 5.73 Å². The molecule has 0 fully saturated rings. The summed E-state index contributed by atoms with van der Waals surface area (Å²) in [5.41, 5.74) is 7.52. The van der Waals surface area contributed by atoms with Crippen LogP contribution in [0.15, 0.2) is 29.6 Å². The van der Waals surface area contributed by atoms with E-state index in [4.69, 9.17) is 5.73 Å². The standard InChI is InChI=1S/C17H23N5O2S/c1-11(2)20-17(24)21-13-5-3-12(4-6-13)9-19-16(23)14-10-25-15(22-14)7-8-18/h3-6,10-11H,7-9,18H2,1-2H3,(H,19,23)(H2,20,21,24). The Morgan fingerprint density at radius 3 is 2.60 bits per heavy atom. The SMILES string of the molecule is CC(C)NC(=O)Nc1ccc(CNC(=O)c2csc(CCN)n2)cc1. The van der Waals surface area contributed by atoms with Gasteiger partial charge in [0.25, 0.3) is 5.91 Å². The number of rotatable bonds is 7. The normalized spacial score (nSPS) is 10.6. The molecule has 134 valence electrons. The Labute approximate surface area is 151 Å². The van der Waals surface area contributed by atoms with Crippen LogP contribution in [0.2, 0.25) is 0 Å². The second-order valence-corrected chi connectivity index (χ2v) is 6.74. The van der Waals surface area contributed by atoms with E-state index >= 15 is 0 Å². The van der Waals surface area contributed by atoms with Gasteiger partial charge in [-0.3, -0.25) is 4.79 Å².